The number of anilines is 2. The van der Waals surface area contributed by atoms with Gasteiger partial charge in [-0.15, -0.1) is 6.42 Å². The van der Waals surface area contributed by atoms with Crippen LogP contribution in [-0.4, -0.2) is 89.2 Å². The number of piperazine rings is 1. The Morgan fingerprint density at radius 1 is 1.25 bits per heavy atom. The molecule has 0 spiro atoms. The number of amides is 1. The molecule has 1 amide bonds. The Morgan fingerprint density at radius 3 is 2.65 bits per heavy atom. The molecule has 0 saturated carbocycles. The van der Waals surface area contributed by atoms with E-state index in [1.807, 2.05) is 23.8 Å². The zero-order valence-corrected chi connectivity index (χ0v) is 23.0. The van der Waals surface area contributed by atoms with Crippen molar-refractivity contribution in [3.8, 4) is 29.2 Å². The molecule has 0 radical (unpaired) electrons. The Hall–Kier alpha value is -3.94. The van der Waals surface area contributed by atoms with Gasteiger partial charge in [0.2, 0.25) is 11.9 Å². The molecule has 8 nitrogen and oxygen atoms in total. The minimum absolute atomic E-state index is 0.0419. The lowest BCUT2D eigenvalue weighted by molar-refractivity contribution is -0.128. The molecule has 0 bridgehead atoms. The van der Waals surface area contributed by atoms with Crippen molar-refractivity contribution in [2.24, 2.45) is 0 Å². The van der Waals surface area contributed by atoms with Gasteiger partial charge in [-0.05, 0) is 38.2 Å². The van der Waals surface area contributed by atoms with Crippen molar-refractivity contribution in [1.82, 2.24) is 19.8 Å². The summed E-state index contributed by atoms with van der Waals surface area (Å²) in [7, 11) is 1.94. The fraction of sp³-hybridized carbons (Fsp3) is 0.345. The van der Waals surface area contributed by atoms with E-state index in [2.05, 4.69) is 22.4 Å². The fourth-order valence-electron chi connectivity index (χ4n) is 5.31. The highest BCUT2D eigenvalue weighted by Crippen LogP contribution is 2.43. The molecular weight excluding hydrogens is 538 g/mol. The van der Waals surface area contributed by atoms with E-state index in [0.717, 1.165) is 6.07 Å². The number of nitrogens with zero attached hydrogens (tertiary/aromatic N) is 6. The van der Waals surface area contributed by atoms with Gasteiger partial charge in [0, 0.05) is 55.8 Å². The van der Waals surface area contributed by atoms with Crippen molar-refractivity contribution in [3.63, 3.8) is 0 Å². The SMILES string of the molecule is C#CCN(C)C1CN(c2nc(N3CCN(C(=O)C=C)C(C)C3)c3cc(Cl)c(-c4c(O)cccc4F)c(F)c3n2)C1. The van der Waals surface area contributed by atoms with E-state index in [1.54, 1.807) is 4.90 Å². The number of halogens is 3. The molecular formula is C29H29ClF2N6O2. The molecule has 1 N–H and O–H groups in total. The third-order valence-electron chi connectivity index (χ3n) is 7.59. The highest BCUT2D eigenvalue weighted by molar-refractivity contribution is 6.34. The highest BCUT2D eigenvalue weighted by Gasteiger charge is 2.34. The molecule has 2 aliphatic heterocycles. The molecule has 3 aromatic rings. The fourth-order valence-corrected chi connectivity index (χ4v) is 5.59. The highest BCUT2D eigenvalue weighted by atomic mass is 35.5. The average molecular weight is 567 g/mol. The number of terminal acetylenes is 1. The van der Waals surface area contributed by atoms with E-state index in [-0.39, 0.29) is 39.7 Å². The van der Waals surface area contributed by atoms with Gasteiger partial charge in [0.25, 0.3) is 0 Å². The predicted octanol–water partition coefficient (Wildman–Crippen LogP) is 3.91. The van der Waals surface area contributed by atoms with Crippen molar-refractivity contribution in [2.75, 3.05) is 56.1 Å². The van der Waals surface area contributed by atoms with Gasteiger partial charge in [0.05, 0.1) is 17.1 Å². The summed E-state index contributed by atoms with van der Waals surface area (Å²) in [5.41, 5.74) is -0.649. The largest absolute Gasteiger partial charge is 0.507 e. The van der Waals surface area contributed by atoms with Gasteiger partial charge in [-0.2, -0.15) is 4.98 Å². The number of carbonyl (C=O) groups excluding carboxylic acids is 1. The second-order valence-corrected chi connectivity index (χ2v) is 10.5. The Balaban J connectivity index is 1.62. The van der Waals surface area contributed by atoms with Gasteiger partial charge in [-0.25, -0.2) is 13.8 Å². The Morgan fingerprint density at radius 2 is 2.00 bits per heavy atom. The number of aromatic nitrogens is 2. The molecule has 1 aromatic heterocycles. The van der Waals surface area contributed by atoms with Crippen LogP contribution in [0.3, 0.4) is 0 Å². The van der Waals surface area contributed by atoms with Crippen molar-refractivity contribution in [1.29, 1.82) is 0 Å². The van der Waals surface area contributed by atoms with Crippen LogP contribution in [0.2, 0.25) is 5.02 Å². The zero-order valence-electron chi connectivity index (χ0n) is 22.2. The molecule has 5 rings (SSSR count). The molecule has 0 aliphatic carbocycles. The van der Waals surface area contributed by atoms with Gasteiger partial charge in [0.15, 0.2) is 5.82 Å². The van der Waals surface area contributed by atoms with Gasteiger partial charge in [0.1, 0.15) is 22.9 Å². The van der Waals surface area contributed by atoms with Crippen molar-refractivity contribution in [3.05, 3.63) is 53.6 Å². The van der Waals surface area contributed by atoms with E-state index < -0.39 is 17.4 Å². The third kappa shape index (κ3) is 4.80. The number of benzene rings is 2. The van der Waals surface area contributed by atoms with Crippen LogP contribution in [0.1, 0.15) is 6.92 Å². The summed E-state index contributed by atoms with van der Waals surface area (Å²) >= 11 is 6.55. The summed E-state index contributed by atoms with van der Waals surface area (Å²) < 4.78 is 31.1. The molecule has 2 saturated heterocycles. The van der Waals surface area contributed by atoms with Crippen LogP contribution in [0.25, 0.3) is 22.0 Å². The smallest absolute Gasteiger partial charge is 0.246 e. The van der Waals surface area contributed by atoms with E-state index >= 15 is 4.39 Å². The minimum Gasteiger partial charge on any atom is -0.507 e. The number of hydrogen-bond donors (Lipinski definition) is 1. The summed E-state index contributed by atoms with van der Waals surface area (Å²) in [4.78, 5) is 29.4. The van der Waals surface area contributed by atoms with E-state index in [1.165, 1.54) is 24.3 Å². The second-order valence-electron chi connectivity index (χ2n) is 10.1. The van der Waals surface area contributed by atoms with Gasteiger partial charge in [-0.3, -0.25) is 9.69 Å². The number of hydrogen-bond acceptors (Lipinski definition) is 7. The van der Waals surface area contributed by atoms with E-state index in [4.69, 9.17) is 23.0 Å². The molecule has 3 heterocycles. The Bertz CT molecular complexity index is 1520. The van der Waals surface area contributed by atoms with Gasteiger partial charge >= 0.3 is 0 Å². The number of likely N-dealkylation sites (N-methyl/N-ethyl adjacent to an activating group) is 1. The van der Waals surface area contributed by atoms with Gasteiger partial charge < -0.3 is 19.8 Å². The van der Waals surface area contributed by atoms with Crippen molar-refractivity contribution < 1.29 is 18.7 Å². The predicted molar refractivity (Wildman–Crippen MR) is 153 cm³/mol. The maximum Gasteiger partial charge on any atom is 0.246 e. The van der Waals surface area contributed by atoms with Crippen LogP contribution in [0.15, 0.2) is 36.9 Å². The summed E-state index contributed by atoms with van der Waals surface area (Å²) in [6.07, 6.45) is 6.74. The Labute approximate surface area is 236 Å². The van der Waals surface area contributed by atoms with Gasteiger partial charge in [-0.1, -0.05) is 30.2 Å². The first kappa shape index (κ1) is 27.6. The van der Waals surface area contributed by atoms with Crippen molar-refractivity contribution in [2.45, 2.75) is 19.0 Å². The molecule has 1 unspecified atom stereocenters. The van der Waals surface area contributed by atoms with Crippen LogP contribution in [-0.2, 0) is 4.79 Å². The lowest BCUT2D eigenvalue weighted by Gasteiger charge is -2.44. The number of phenolic OH excluding ortho intramolecular Hbond substituents is 1. The lowest BCUT2D eigenvalue weighted by Crippen LogP contribution is -2.59. The first-order chi connectivity index (χ1) is 19.1. The molecule has 40 heavy (non-hydrogen) atoms. The number of carbonyl (C=O) groups is 1. The third-order valence-corrected chi connectivity index (χ3v) is 7.88. The second kappa shape index (κ2) is 10.9. The van der Waals surface area contributed by atoms with E-state index in [9.17, 15) is 14.3 Å². The van der Waals surface area contributed by atoms with Crippen LogP contribution >= 0.6 is 11.6 Å². The maximum atomic E-state index is 16.3. The lowest BCUT2D eigenvalue weighted by atomic mass is 10.0. The number of rotatable bonds is 6. The normalized spacial score (nSPS) is 17.7. The van der Waals surface area contributed by atoms with Crippen LogP contribution < -0.4 is 9.80 Å². The molecule has 208 valence electrons. The summed E-state index contributed by atoms with van der Waals surface area (Å²) in [6.45, 7) is 8.50. The maximum absolute atomic E-state index is 16.3. The van der Waals surface area contributed by atoms with Crippen LogP contribution in [0.4, 0.5) is 20.5 Å². The summed E-state index contributed by atoms with van der Waals surface area (Å²) in [5.74, 6) is 1.14. The molecule has 11 heteroatoms. The number of fused-ring (bicyclic) bond motifs is 1. The minimum atomic E-state index is -0.858. The summed E-state index contributed by atoms with van der Waals surface area (Å²) in [5, 5.41) is 10.6. The molecule has 2 aliphatic rings. The van der Waals surface area contributed by atoms with E-state index in [0.29, 0.717) is 56.4 Å². The first-order valence-electron chi connectivity index (χ1n) is 12.9. The first-order valence-corrected chi connectivity index (χ1v) is 13.3. The molecule has 1 atom stereocenters. The standard InChI is InChI=1S/C29H29ClF2N6O2/c1-5-10-35(4)18-15-37(16-18)29-33-27-19(28(34-29)36-11-12-38(17(3)14-36)23(40)6-2)13-20(30)24(26(27)32)25-21(31)8-7-9-22(25)39/h1,6-9,13,17-18,39H,2,10-12,14-16H2,3-4H3. The van der Waals surface area contributed by atoms with Crippen LogP contribution in [0.5, 0.6) is 5.75 Å². The molecule has 2 fully saturated rings. The monoisotopic (exact) mass is 566 g/mol. The number of phenols is 1. The number of aromatic hydroxyl groups is 1. The Kier molecular flexibility index (Phi) is 7.53. The average Bonchev–Trinajstić information content (AvgIpc) is 2.89. The quantitative estimate of drug-likeness (QED) is 0.358. The molecule has 2 aromatic carbocycles. The zero-order chi connectivity index (χ0) is 28.7. The van der Waals surface area contributed by atoms with Crippen LogP contribution in [0, 0.1) is 24.0 Å². The summed E-state index contributed by atoms with van der Waals surface area (Å²) in [6, 6.07) is 5.26. The van der Waals surface area contributed by atoms with Crippen molar-refractivity contribution >= 4 is 40.2 Å². The topological polar surface area (TPSA) is 76.0 Å².